The summed E-state index contributed by atoms with van der Waals surface area (Å²) < 4.78 is 1.31. The van der Waals surface area contributed by atoms with E-state index in [1.54, 1.807) is 25.2 Å². The predicted molar refractivity (Wildman–Crippen MR) is 150 cm³/mol. The number of piperazine rings is 1. The first-order chi connectivity index (χ1) is 18.3. The lowest BCUT2D eigenvalue weighted by molar-refractivity contribution is -0.118. The third kappa shape index (κ3) is 5.59. The Kier molecular flexibility index (Phi) is 7.76. The molecular formula is C27H30Cl2N6O3. The third-order valence-corrected chi connectivity index (χ3v) is 8.13. The van der Waals surface area contributed by atoms with Gasteiger partial charge < -0.3 is 20.0 Å². The van der Waals surface area contributed by atoms with Crippen LogP contribution in [0.1, 0.15) is 25.7 Å². The molecule has 2 fully saturated rings. The van der Waals surface area contributed by atoms with E-state index in [4.69, 9.17) is 23.2 Å². The molecule has 200 valence electrons. The Bertz CT molecular complexity index is 1410. The Morgan fingerprint density at radius 1 is 1.03 bits per heavy atom. The SMILES string of the molecule is CN(C(=O)Cn1cnc2ccc(N3CCN(C(=O)NC4CCCC4)CC3)cc2c1=O)c1ccc(Cl)c(Cl)c1. The van der Waals surface area contributed by atoms with Crippen LogP contribution in [0.25, 0.3) is 10.9 Å². The van der Waals surface area contributed by atoms with Crippen LogP contribution < -0.4 is 20.7 Å². The number of urea groups is 1. The molecule has 5 rings (SSSR count). The molecule has 0 radical (unpaired) electrons. The molecule has 38 heavy (non-hydrogen) atoms. The first-order valence-electron chi connectivity index (χ1n) is 12.8. The van der Waals surface area contributed by atoms with Gasteiger partial charge in [0.05, 0.1) is 27.3 Å². The van der Waals surface area contributed by atoms with Gasteiger partial charge in [-0.2, -0.15) is 0 Å². The lowest BCUT2D eigenvalue weighted by Gasteiger charge is -2.36. The molecule has 2 aromatic carbocycles. The van der Waals surface area contributed by atoms with Gasteiger partial charge in [0.15, 0.2) is 0 Å². The van der Waals surface area contributed by atoms with Gasteiger partial charge in [-0.15, -0.1) is 0 Å². The van der Waals surface area contributed by atoms with Gasteiger partial charge in [0.1, 0.15) is 6.54 Å². The normalized spacial score (nSPS) is 16.2. The topological polar surface area (TPSA) is 90.8 Å². The van der Waals surface area contributed by atoms with Crippen molar-refractivity contribution in [3.63, 3.8) is 0 Å². The second kappa shape index (κ2) is 11.2. The lowest BCUT2D eigenvalue weighted by atomic mass is 10.2. The van der Waals surface area contributed by atoms with E-state index in [0.29, 0.717) is 58.9 Å². The molecule has 2 aliphatic rings. The van der Waals surface area contributed by atoms with Crippen LogP contribution in [-0.4, -0.2) is 65.7 Å². The van der Waals surface area contributed by atoms with Crippen LogP contribution in [0.3, 0.4) is 0 Å². The molecule has 11 heteroatoms. The van der Waals surface area contributed by atoms with Crippen LogP contribution in [0.4, 0.5) is 16.2 Å². The van der Waals surface area contributed by atoms with Crippen LogP contribution >= 0.6 is 23.2 Å². The van der Waals surface area contributed by atoms with E-state index in [2.05, 4.69) is 15.2 Å². The molecular weight excluding hydrogens is 527 g/mol. The molecule has 0 bridgehead atoms. The summed E-state index contributed by atoms with van der Waals surface area (Å²) in [4.78, 5) is 48.7. The van der Waals surface area contributed by atoms with E-state index in [9.17, 15) is 14.4 Å². The highest BCUT2D eigenvalue weighted by Gasteiger charge is 2.25. The van der Waals surface area contributed by atoms with Gasteiger partial charge in [-0.05, 0) is 49.2 Å². The number of benzene rings is 2. The number of hydrogen-bond donors (Lipinski definition) is 1. The third-order valence-electron chi connectivity index (χ3n) is 7.39. The van der Waals surface area contributed by atoms with Crippen molar-refractivity contribution < 1.29 is 9.59 Å². The van der Waals surface area contributed by atoms with Crippen molar-refractivity contribution in [2.45, 2.75) is 38.3 Å². The molecule has 0 unspecified atom stereocenters. The molecule has 0 spiro atoms. The molecule has 9 nitrogen and oxygen atoms in total. The molecule has 2 heterocycles. The number of carbonyl (C=O) groups excluding carboxylic acids is 2. The summed E-state index contributed by atoms with van der Waals surface area (Å²) in [6.45, 7) is 2.40. The minimum absolute atomic E-state index is 0.0117. The maximum Gasteiger partial charge on any atom is 0.317 e. The quantitative estimate of drug-likeness (QED) is 0.510. The number of rotatable bonds is 5. The Morgan fingerprint density at radius 3 is 2.47 bits per heavy atom. The van der Waals surface area contributed by atoms with E-state index in [1.165, 1.54) is 28.6 Å². The summed E-state index contributed by atoms with van der Waals surface area (Å²) >= 11 is 12.1. The summed E-state index contributed by atoms with van der Waals surface area (Å²) in [5, 5.41) is 4.34. The van der Waals surface area contributed by atoms with Gasteiger partial charge >= 0.3 is 6.03 Å². The molecule has 1 aliphatic carbocycles. The molecule has 3 aromatic rings. The molecule has 1 saturated carbocycles. The largest absolute Gasteiger partial charge is 0.368 e. The zero-order valence-electron chi connectivity index (χ0n) is 21.2. The fraction of sp³-hybridized carbons (Fsp3) is 0.407. The first-order valence-corrected chi connectivity index (χ1v) is 13.6. The number of anilines is 2. The number of likely N-dealkylation sites (N-methyl/N-ethyl adjacent to an activating group) is 1. The highest BCUT2D eigenvalue weighted by atomic mass is 35.5. The van der Waals surface area contributed by atoms with Crippen molar-refractivity contribution in [1.82, 2.24) is 19.8 Å². The summed E-state index contributed by atoms with van der Waals surface area (Å²) in [5.74, 6) is -0.296. The van der Waals surface area contributed by atoms with Crippen LogP contribution in [-0.2, 0) is 11.3 Å². The van der Waals surface area contributed by atoms with Gasteiger partial charge in [0.2, 0.25) is 5.91 Å². The van der Waals surface area contributed by atoms with Crippen molar-refractivity contribution in [2.24, 2.45) is 0 Å². The number of fused-ring (bicyclic) bond motifs is 1. The zero-order valence-corrected chi connectivity index (χ0v) is 22.7. The van der Waals surface area contributed by atoms with E-state index < -0.39 is 0 Å². The minimum Gasteiger partial charge on any atom is -0.368 e. The Labute approximate surface area is 230 Å². The van der Waals surface area contributed by atoms with E-state index in [0.717, 1.165) is 18.5 Å². The average molecular weight is 557 g/mol. The summed E-state index contributed by atoms with van der Waals surface area (Å²) in [5.41, 5.74) is 1.74. The second-order valence-electron chi connectivity index (χ2n) is 9.84. The van der Waals surface area contributed by atoms with E-state index in [1.807, 2.05) is 23.1 Å². The van der Waals surface area contributed by atoms with Crippen molar-refractivity contribution in [2.75, 3.05) is 43.0 Å². The standard InChI is InChI=1S/C27H30Cl2N6O3/c1-32(19-6-8-22(28)23(29)15-19)25(36)16-35-17-30-24-9-7-20(14-21(24)26(35)37)33-10-12-34(13-11-33)27(38)31-18-4-2-3-5-18/h6-9,14-15,17-18H,2-5,10-13,16H2,1H3,(H,31,38). The highest BCUT2D eigenvalue weighted by Crippen LogP contribution is 2.27. The number of nitrogens with zero attached hydrogens (tertiary/aromatic N) is 5. The maximum atomic E-state index is 13.3. The molecule has 1 N–H and O–H groups in total. The summed E-state index contributed by atoms with van der Waals surface area (Å²) in [6.07, 6.45) is 5.88. The van der Waals surface area contributed by atoms with Crippen molar-refractivity contribution in [3.05, 3.63) is 63.1 Å². The number of carbonyl (C=O) groups is 2. The maximum absolute atomic E-state index is 13.3. The predicted octanol–water partition coefficient (Wildman–Crippen LogP) is 4.14. The van der Waals surface area contributed by atoms with E-state index >= 15 is 0 Å². The Hall–Kier alpha value is -3.30. The smallest absolute Gasteiger partial charge is 0.317 e. The fourth-order valence-electron chi connectivity index (χ4n) is 5.05. The summed E-state index contributed by atoms with van der Waals surface area (Å²) in [7, 11) is 1.62. The molecule has 0 atom stereocenters. The summed E-state index contributed by atoms with van der Waals surface area (Å²) in [6, 6.07) is 10.8. The Morgan fingerprint density at radius 2 is 1.76 bits per heavy atom. The average Bonchev–Trinajstić information content (AvgIpc) is 3.44. The molecule has 3 amide bonds. The van der Waals surface area contributed by atoms with Crippen LogP contribution in [0, 0.1) is 0 Å². The van der Waals surface area contributed by atoms with Crippen molar-refractivity contribution >= 4 is 57.4 Å². The minimum atomic E-state index is -0.296. The van der Waals surface area contributed by atoms with Crippen LogP contribution in [0.2, 0.25) is 10.0 Å². The van der Waals surface area contributed by atoms with Gasteiger partial charge in [-0.3, -0.25) is 14.2 Å². The number of hydrogen-bond acceptors (Lipinski definition) is 5. The number of halogens is 2. The van der Waals surface area contributed by atoms with Gasteiger partial charge in [-0.1, -0.05) is 36.0 Å². The highest BCUT2D eigenvalue weighted by molar-refractivity contribution is 6.42. The molecule has 1 aromatic heterocycles. The lowest BCUT2D eigenvalue weighted by Crippen LogP contribution is -2.53. The van der Waals surface area contributed by atoms with Crippen molar-refractivity contribution in [3.8, 4) is 0 Å². The number of amides is 3. The molecule has 1 saturated heterocycles. The second-order valence-corrected chi connectivity index (χ2v) is 10.6. The van der Waals surface area contributed by atoms with Gasteiger partial charge in [0.25, 0.3) is 5.56 Å². The van der Waals surface area contributed by atoms with Gasteiger partial charge in [0, 0.05) is 50.6 Å². The molecule has 1 aliphatic heterocycles. The number of nitrogens with one attached hydrogen (secondary N) is 1. The van der Waals surface area contributed by atoms with E-state index in [-0.39, 0.29) is 24.0 Å². The number of aromatic nitrogens is 2. The Balaban J connectivity index is 1.27. The van der Waals surface area contributed by atoms with Gasteiger partial charge in [-0.25, -0.2) is 9.78 Å². The zero-order chi connectivity index (χ0) is 26.8. The van der Waals surface area contributed by atoms with Crippen molar-refractivity contribution in [1.29, 1.82) is 0 Å². The first kappa shape index (κ1) is 26.3. The van der Waals surface area contributed by atoms with Crippen LogP contribution in [0.15, 0.2) is 47.5 Å². The fourth-order valence-corrected chi connectivity index (χ4v) is 5.34. The monoisotopic (exact) mass is 556 g/mol. The van der Waals surface area contributed by atoms with Crippen LogP contribution in [0.5, 0.6) is 0 Å².